The second kappa shape index (κ2) is 10.4. The first-order valence-electron chi connectivity index (χ1n) is 10.4. The smallest absolute Gasteiger partial charge is 0.413 e. The predicted octanol–water partition coefficient (Wildman–Crippen LogP) is 3.70. The van der Waals surface area contributed by atoms with E-state index in [1.54, 1.807) is 0 Å². The van der Waals surface area contributed by atoms with Gasteiger partial charge in [0.25, 0.3) is 5.91 Å². The lowest BCUT2D eigenvalue weighted by molar-refractivity contribution is -0.116. The Labute approximate surface area is 195 Å². The summed E-state index contributed by atoms with van der Waals surface area (Å²) in [6, 6.07) is 4.52. The van der Waals surface area contributed by atoms with E-state index in [-0.39, 0.29) is 29.1 Å². The van der Waals surface area contributed by atoms with Gasteiger partial charge in [0, 0.05) is 11.3 Å². The topological polar surface area (TPSA) is 119 Å². The Morgan fingerprint density at radius 3 is 2.58 bits per heavy atom. The molecule has 0 aliphatic heterocycles. The molecule has 3 amide bonds. The fourth-order valence-corrected chi connectivity index (χ4v) is 6.39. The second-order valence-electron chi connectivity index (χ2n) is 7.93. The van der Waals surface area contributed by atoms with Gasteiger partial charge in [0.1, 0.15) is 10.8 Å². The molecule has 1 aliphatic rings. The van der Waals surface area contributed by atoms with Crippen LogP contribution in [0.25, 0.3) is 0 Å². The molecule has 2 N–H and O–H groups in total. The summed E-state index contributed by atoms with van der Waals surface area (Å²) in [5.41, 5.74) is 1.06. The van der Waals surface area contributed by atoms with Crippen molar-refractivity contribution in [1.82, 2.24) is 5.32 Å². The van der Waals surface area contributed by atoms with Crippen LogP contribution < -0.4 is 10.6 Å². The van der Waals surface area contributed by atoms with Gasteiger partial charge < -0.3 is 10.1 Å². The molecule has 0 fully saturated rings. The highest BCUT2D eigenvalue weighted by Crippen LogP contribution is 2.39. The number of rotatable bonds is 7. The number of carbonyl (C=O) groups is 3. The summed E-state index contributed by atoms with van der Waals surface area (Å²) in [6.07, 6.45) is 1.38. The maximum Gasteiger partial charge on any atom is 0.413 e. The molecule has 0 saturated heterocycles. The van der Waals surface area contributed by atoms with Crippen LogP contribution in [0.4, 0.5) is 14.2 Å². The maximum absolute atomic E-state index is 13.0. The number of thiophene rings is 1. The van der Waals surface area contributed by atoms with Crippen LogP contribution in [0, 0.1) is 11.7 Å². The molecule has 1 heterocycles. The van der Waals surface area contributed by atoms with Gasteiger partial charge in [0.15, 0.2) is 9.84 Å². The van der Waals surface area contributed by atoms with Crippen molar-refractivity contribution in [3.05, 3.63) is 46.1 Å². The molecule has 1 atom stereocenters. The zero-order chi connectivity index (χ0) is 24.2. The standard InChI is InChI=1S/C22H25FN2O6S2/c1-13-5-10-16-17(12-13)32-21(19(16)20(27)25-22(28)31-2)24-18(26)4-3-11-33(29,30)15-8-6-14(23)7-9-15/h6-9,13H,3-5,10-12H2,1-2H3,(H,24,26)(H,25,27,28). The Balaban J connectivity index is 1.69. The molecule has 11 heteroatoms. The molecule has 0 radical (unpaired) electrons. The third-order valence-corrected chi connectivity index (χ3v) is 8.37. The van der Waals surface area contributed by atoms with Crippen LogP contribution in [0.1, 0.15) is 47.0 Å². The molecule has 1 aliphatic carbocycles. The van der Waals surface area contributed by atoms with Crippen molar-refractivity contribution in [1.29, 1.82) is 0 Å². The van der Waals surface area contributed by atoms with Gasteiger partial charge >= 0.3 is 6.09 Å². The lowest BCUT2D eigenvalue weighted by atomic mass is 9.88. The highest BCUT2D eigenvalue weighted by molar-refractivity contribution is 7.91. The number of hydrogen-bond acceptors (Lipinski definition) is 7. The minimum absolute atomic E-state index is 0.00822. The molecule has 1 aromatic heterocycles. The summed E-state index contributed by atoms with van der Waals surface area (Å²) in [4.78, 5) is 37.7. The number of fused-ring (bicyclic) bond motifs is 1. The molecule has 0 saturated carbocycles. The number of sulfone groups is 1. The molecule has 1 aromatic carbocycles. The molecule has 1 unspecified atom stereocenters. The van der Waals surface area contributed by atoms with E-state index in [0.717, 1.165) is 42.5 Å². The monoisotopic (exact) mass is 496 g/mol. The molecule has 8 nitrogen and oxygen atoms in total. The number of ether oxygens (including phenoxy) is 1. The molecule has 0 spiro atoms. The summed E-state index contributed by atoms with van der Waals surface area (Å²) in [5.74, 6) is -1.47. The van der Waals surface area contributed by atoms with Gasteiger partial charge in [0.2, 0.25) is 5.91 Å². The number of nitrogens with one attached hydrogen (secondary N) is 2. The number of hydrogen-bond donors (Lipinski definition) is 2. The van der Waals surface area contributed by atoms with E-state index < -0.39 is 33.6 Å². The van der Waals surface area contributed by atoms with Crippen molar-refractivity contribution in [3.63, 3.8) is 0 Å². The van der Waals surface area contributed by atoms with E-state index in [9.17, 15) is 27.2 Å². The minimum atomic E-state index is -3.65. The summed E-state index contributed by atoms with van der Waals surface area (Å²) in [7, 11) is -2.50. The lowest BCUT2D eigenvalue weighted by Gasteiger charge is -2.18. The number of carbonyl (C=O) groups excluding carboxylic acids is 3. The van der Waals surface area contributed by atoms with E-state index in [4.69, 9.17) is 0 Å². The van der Waals surface area contributed by atoms with Crippen molar-refractivity contribution in [2.45, 2.75) is 43.9 Å². The first kappa shape index (κ1) is 24.8. The number of imide groups is 1. The number of anilines is 1. The number of methoxy groups -OCH3 is 1. The van der Waals surface area contributed by atoms with Crippen LogP contribution >= 0.6 is 11.3 Å². The minimum Gasteiger partial charge on any atom is -0.453 e. The van der Waals surface area contributed by atoms with Gasteiger partial charge in [-0.1, -0.05) is 6.92 Å². The van der Waals surface area contributed by atoms with Gasteiger partial charge in [-0.05, 0) is 61.4 Å². The van der Waals surface area contributed by atoms with Crippen molar-refractivity contribution in [2.75, 3.05) is 18.2 Å². The van der Waals surface area contributed by atoms with Crippen LogP contribution in [-0.4, -0.2) is 39.2 Å². The zero-order valence-electron chi connectivity index (χ0n) is 18.3. The highest BCUT2D eigenvalue weighted by atomic mass is 32.2. The SMILES string of the molecule is COC(=O)NC(=O)c1c(NC(=O)CCCS(=O)(=O)c2ccc(F)cc2)sc2c1CCC(C)C2. The molecular weight excluding hydrogens is 471 g/mol. The van der Waals surface area contributed by atoms with E-state index in [1.165, 1.54) is 23.5 Å². The Bertz CT molecular complexity index is 1160. The van der Waals surface area contributed by atoms with Crippen LogP contribution in [0.15, 0.2) is 29.2 Å². The fourth-order valence-electron chi connectivity index (χ4n) is 3.66. The zero-order valence-corrected chi connectivity index (χ0v) is 19.9. The lowest BCUT2D eigenvalue weighted by Crippen LogP contribution is -2.31. The van der Waals surface area contributed by atoms with Crippen molar-refractivity contribution in [3.8, 4) is 0 Å². The Hall–Kier alpha value is -2.79. The van der Waals surface area contributed by atoms with Crippen LogP contribution in [0.5, 0.6) is 0 Å². The Kier molecular flexibility index (Phi) is 7.85. The Morgan fingerprint density at radius 1 is 1.21 bits per heavy atom. The third-order valence-electron chi connectivity index (χ3n) is 5.38. The number of halogens is 1. The fraction of sp³-hybridized carbons (Fsp3) is 0.409. The van der Waals surface area contributed by atoms with Crippen LogP contribution in [0.2, 0.25) is 0 Å². The van der Waals surface area contributed by atoms with Crippen molar-refractivity contribution < 1.29 is 31.9 Å². The number of alkyl carbamates (subject to hydrolysis) is 1. The van der Waals surface area contributed by atoms with Gasteiger partial charge in [0.05, 0.1) is 23.3 Å². The van der Waals surface area contributed by atoms with Crippen molar-refractivity contribution in [2.24, 2.45) is 5.92 Å². The summed E-state index contributed by atoms with van der Waals surface area (Å²) in [5, 5.41) is 5.19. The van der Waals surface area contributed by atoms with Gasteiger partial charge in [-0.2, -0.15) is 0 Å². The molecule has 3 rings (SSSR count). The van der Waals surface area contributed by atoms with E-state index in [2.05, 4.69) is 22.3 Å². The quantitative estimate of drug-likeness (QED) is 0.564. The number of benzene rings is 1. The summed E-state index contributed by atoms with van der Waals surface area (Å²) in [6.45, 7) is 2.11. The van der Waals surface area contributed by atoms with Crippen LogP contribution in [0.3, 0.4) is 0 Å². The number of amides is 3. The van der Waals surface area contributed by atoms with Gasteiger partial charge in [-0.3, -0.25) is 14.9 Å². The molecule has 2 aromatic rings. The third kappa shape index (κ3) is 6.17. The Morgan fingerprint density at radius 2 is 1.91 bits per heavy atom. The molecular formula is C22H25FN2O6S2. The van der Waals surface area contributed by atoms with Crippen molar-refractivity contribution >= 4 is 44.1 Å². The van der Waals surface area contributed by atoms with Gasteiger partial charge in [-0.25, -0.2) is 17.6 Å². The summed E-state index contributed by atoms with van der Waals surface area (Å²) >= 11 is 1.30. The summed E-state index contributed by atoms with van der Waals surface area (Å²) < 4.78 is 42.3. The highest BCUT2D eigenvalue weighted by Gasteiger charge is 2.29. The average Bonchev–Trinajstić information content (AvgIpc) is 3.10. The largest absolute Gasteiger partial charge is 0.453 e. The first-order chi connectivity index (χ1) is 15.6. The van der Waals surface area contributed by atoms with Gasteiger partial charge in [-0.15, -0.1) is 11.3 Å². The van der Waals surface area contributed by atoms with Crippen LogP contribution in [-0.2, 0) is 32.2 Å². The molecule has 0 bridgehead atoms. The van der Waals surface area contributed by atoms with E-state index >= 15 is 0 Å². The first-order valence-corrected chi connectivity index (χ1v) is 12.9. The normalized spacial score (nSPS) is 15.4. The molecule has 178 valence electrons. The second-order valence-corrected chi connectivity index (χ2v) is 11.1. The maximum atomic E-state index is 13.0. The average molecular weight is 497 g/mol. The van der Waals surface area contributed by atoms with E-state index in [0.29, 0.717) is 17.3 Å². The molecule has 33 heavy (non-hydrogen) atoms. The predicted molar refractivity (Wildman–Crippen MR) is 122 cm³/mol. The van der Waals surface area contributed by atoms with E-state index in [1.807, 2.05) is 0 Å².